The van der Waals surface area contributed by atoms with Gasteiger partial charge in [-0.2, -0.15) is 4.31 Å². The smallest absolute Gasteiger partial charge is 0.207 e. The van der Waals surface area contributed by atoms with Crippen LogP contribution in [0.5, 0.6) is 0 Å². The third kappa shape index (κ3) is 1.36. The highest BCUT2D eigenvalue weighted by Crippen LogP contribution is 2.56. The third-order valence-corrected chi connectivity index (χ3v) is 6.86. The maximum atomic E-state index is 12.6. The van der Waals surface area contributed by atoms with E-state index >= 15 is 0 Å². The average molecular weight is 263 g/mol. The largest absolute Gasteiger partial charge is 0.243 e. The SMILES string of the molecule is O=S(=O)(c1ccccc1)N1[C@@H]2C3CCC(CC3)[C@H]21. The molecule has 1 saturated heterocycles. The van der Waals surface area contributed by atoms with Gasteiger partial charge in [0.2, 0.25) is 10.0 Å². The van der Waals surface area contributed by atoms with E-state index in [9.17, 15) is 8.42 Å². The fourth-order valence-corrected chi connectivity index (χ4v) is 6.01. The van der Waals surface area contributed by atoms with Gasteiger partial charge >= 0.3 is 0 Å². The molecule has 0 spiro atoms. The van der Waals surface area contributed by atoms with E-state index in [-0.39, 0.29) is 0 Å². The topological polar surface area (TPSA) is 37.1 Å². The molecule has 5 rings (SSSR count). The van der Waals surface area contributed by atoms with Crippen LogP contribution in [0.4, 0.5) is 0 Å². The van der Waals surface area contributed by atoms with Crippen molar-refractivity contribution in [2.45, 2.75) is 42.7 Å². The highest BCUT2D eigenvalue weighted by molar-refractivity contribution is 7.89. The fraction of sp³-hybridized carbons (Fsp3) is 0.571. The van der Waals surface area contributed by atoms with Gasteiger partial charge in [0.05, 0.1) is 4.90 Å². The Balaban J connectivity index is 1.70. The van der Waals surface area contributed by atoms with Crippen LogP contribution in [0.3, 0.4) is 0 Å². The summed E-state index contributed by atoms with van der Waals surface area (Å²) in [5, 5.41) is 0. The summed E-state index contributed by atoms with van der Waals surface area (Å²) in [6, 6.07) is 9.52. The number of hydrogen-bond acceptors (Lipinski definition) is 2. The fourth-order valence-electron chi connectivity index (χ4n) is 4.08. The molecule has 4 heteroatoms. The molecule has 0 radical (unpaired) electrons. The van der Waals surface area contributed by atoms with Crippen LogP contribution in [0.1, 0.15) is 25.7 Å². The summed E-state index contributed by atoms with van der Waals surface area (Å²) in [5.74, 6) is 1.25. The molecule has 2 bridgehead atoms. The van der Waals surface area contributed by atoms with Crippen LogP contribution in [0.2, 0.25) is 0 Å². The normalized spacial score (nSPS) is 41.4. The lowest BCUT2D eigenvalue weighted by atomic mass is 9.71. The number of nitrogens with zero attached hydrogens (tertiary/aromatic N) is 1. The molecule has 1 heterocycles. The van der Waals surface area contributed by atoms with E-state index in [0.717, 1.165) is 0 Å². The molecule has 1 aromatic carbocycles. The van der Waals surface area contributed by atoms with Gasteiger partial charge in [-0.25, -0.2) is 8.42 Å². The Morgan fingerprint density at radius 1 is 0.889 bits per heavy atom. The van der Waals surface area contributed by atoms with Crippen molar-refractivity contribution in [2.24, 2.45) is 11.8 Å². The molecule has 1 aromatic rings. The first kappa shape index (κ1) is 11.0. The summed E-state index contributed by atoms with van der Waals surface area (Å²) in [4.78, 5) is 0.457. The highest BCUT2D eigenvalue weighted by atomic mass is 32.2. The van der Waals surface area contributed by atoms with Gasteiger partial charge < -0.3 is 0 Å². The van der Waals surface area contributed by atoms with Gasteiger partial charge in [0, 0.05) is 12.1 Å². The number of sulfonamides is 1. The minimum atomic E-state index is -3.24. The Morgan fingerprint density at radius 3 is 1.89 bits per heavy atom. The van der Waals surface area contributed by atoms with Crippen LogP contribution in [-0.4, -0.2) is 24.8 Å². The Bertz CT molecular complexity index is 543. The molecular formula is C14H17NO2S. The van der Waals surface area contributed by atoms with Crippen LogP contribution in [0, 0.1) is 11.8 Å². The van der Waals surface area contributed by atoms with Crippen molar-refractivity contribution in [3.63, 3.8) is 0 Å². The predicted molar refractivity (Wildman–Crippen MR) is 68.5 cm³/mol. The predicted octanol–water partition coefficient (Wildman–Crippen LogP) is 2.25. The maximum Gasteiger partial charge on any atom is 0.243 e. The number of benzene rings is 1. The van der Waals surface area contributed by atoms with E-state index in [2.05, 4.69) is 0 Å². The first-order valence-corrected chi connectivity index (χ1v) is 8.22. The molecule has 0 aromatic heterocycles. The van der Waals surface area contributed by atoms with Crippen molar-refractivity contribution >= 4 is 10.0 Å². The number of hydrogen-bond donors (Lipinski definition) is 0. The third-order valence-electron chi connectivity index (χ3n) is 4.95. The Kier molecular flexibility index (Phi) is 2.19. The quantitative estimate of drug-likeness (QED) is 0.767. The molecule has 18 heavy (non-hydrogen) atoms. The van der Waals surface area contributed by atoms with E-state index in [1.807, 2.05) is 6.07 Å². The highest BCUT2D eigenvalue weighted by Gasteiger charge is 2.65. The lowest BCUT2D eigenvalue weighted by Crippen LogP contribution is -2.30. The van der Waals surface area contributed by atoms with Gasteiger partial charge in [0.1, 0.15) is 0 Å². The zero-order valence-corrected chi connectivity index (χ0v) is 11.0. The first-order valence-electron chi connectivity index (χ1n) is 6.78. The van der Waals surface area contributed by atoms with Crippen LogP contribution in [0.15, 0.2) is 35.2 Å². The van der Waals surface area contributed by atoms with E-state index in [4.69, 9.17) is 0 Å². The van der Waals surface area contributed by atoms with Gasteiger partial charge in [-0.1, -0.05) is 18.2 Å². The van der Waals surface area contributed by atoms with E-state index < -0.39 is 10.0 Å². The van der Waals surface area contributed by atoms with Gasteiger partial charge in [-0.15, -0.1) is 0 Å². The van der Waals surface area contributed by atoms with Crippen molar-refractivity contribution in [2.75, 3.05) is 0 Å². The molecule has 0 unspecified atom stereocenters. The minimum absolute atomic E-state index is 0.322. The summed E-state index contributed by atoms with van der Waals surface area (Å²) >= 11 is 0. The monoisotopic (exact) mass is 263 g/mol. The molecule has 0 amide bonds. The second-order valence-electron chi connectivity index (χ2n) is 5.80. The summed E-state index contributed by atoms with van der Waals surface area (Å²) in [6.45, 7) is 0. The van der Waals surface area contributed by atoms with Gasteiger partial charge in [0.25, 0.3) is 0 Å². The molecule has 3 nitrogen and oxygen atoms in total. The summed E-state index contributed by atoms with van der Waals surface area (Å²) < 4.78 is 27.0. The maximum absolute atomic E-state index is 12.6. The zero-order valence-electron chi connectivity index (χ0n) is 10.2. The molecule has 0 N–H and O–H groups in total. The molecule has 4 aliphatic rings. The molecule has 96 valence electrons. The molecule has 2 atom stereocenters. The Labute approximate surface area is 108 Å². The Morgan fingerprint density at radius 2 is 1.39 bits per heavy atom. The van der Waals surface area contributed by atoms with Crippen molar-refractivity contribution in [3.05, 3.63) is 30.3 Å². The molecular weight excluding hydrogens is 246 g/mol. The lowest BCUT2D eigenvalue weighted by Gasteiger charge is -2.32. The van der Waals surface area contributed by atoms with Crippen LogP contribution < -0.4 is 0 Å². The summed E-state index contributed by atoms with van der Waals surface area (Å²) in [6.07, 6.45) is 4.92. The Hall–Kier alpha value is -0.870. The van der Waals surface area contributed by atoms with Crippen LogP contribution >= 0.6 is 0 Å². The van der Waals surface area contributed by atoms with Gasteiger partial charge in [-0.05, 0) is 49.7 Å². The van der Waals surface area contributed by atoms with E-state index in [0.29, 0.717) is 28.8 Å². The lowest BCUT2D eigenvalue weighted by molar-refractivity contribution is 0.218. The van der Waals surface area contributed by atoms with Crippen molar-refractivity contribution < 1.29 is 8.42 Å². The first-order chi connectivity index (χ1) is 8.69. The number of fused-ring (bicyclic) bond motifs is 2. The van der Waals surface area contributed by atoms with Crippen molar-refractivity contribution in [1.29, 1.82) is 0 Å². The second kappa shape index (κ2) is 3.58. The van der Waals surface area contributed by atoms with Crippen LogP contribution in [-0.2, 0) is 10.0 Å². The average Bonchev–Trinajstić information content (AvgIpc) is 3.19. The molecule has 4 fully saturated rings. The van der Waals surface area contributed by atoms with Gasteiger partial charge in [-0.3, -0.25) is 0 Å². The van der Waals surface area contributed by atoms with Crippen molar-refractivity contribution in [1.82, 2.24) is 4.31 Å². The minimum Gasteiger partial charge on any atom is -0.207 e. The molecule has 1 aliphatic heterocycles. The summed E-state index contributed by atoms with van der Waals surface area (Å²) in [5.41, 5.74) is 0. The summed E-state index contributed by atoms with van der Waals surface area (Å²) in [7, 11) is -3.24. The van der Waals surface area contributed by atoms with Crippen molar-refractivity contribution in [3.8, 4) is 0 Å². The second-order valence-corrected chi connectivity index (χ2v) is 7.65. The molecule has 3 aliphatic carbocycles. The zero-order chi connectivity index (χ0) is 12.3. The van der Waals surface area contributed by atoms with Crippen LogP contribution in [0.25, 0.3) is 0 Å². The number of rotatable bonds is 2. The van der Waals surface area contributed by atoms with E-state index in [1.54, 1.807) is 28.6 Å². The van der Waals surface area contributed by atoms with E-state index in [1.165, 1.54) is 25.7 Å². The standard InChI is InChI=1S/C14H17NO2S/c16-18(17,12-4-2-1-3-5-12)15-13-10-6-7-11(9-8-10)14(13)15/h1-5,10-11,13-14H,6-9H2/t10?,11?,13-,14-,15?/m1/s1. The van der Waals surface area contributed by atoms with Gasteiger partial charge in [0.15, 0.2) is 0 Å². The molecule has 3 saturated carbocycles.